The Bertz CT molecular complexity index is 1170. The van der Waals surface area contributed by atoms with Gasteiger partial charge in [0.25, 0.3) is 5.91 Å². The van der Waals surface area contributed by atoms with Crippen molar-refractivity contribution in [2.75, 3.05) is 33.8 Å². The number of carbonyl (C=O) groups is 6. The fourth-order valence-corrected chi connectivity index (χ4v) is 4.49. The molecule has 1 aromatic carbocycles. The summed E-state index contributed by atoms with van der Waals surface area (Å²) in [5, 5.41) is 13.4. The first-order valence-corrected chi connectivity index (χ1v) is 14.9. The third kappa shape index (κ3) is 12.2. The summed E-state index contributed by atoms with van der Waals surface area (Å²) in [7, 11) is 3.90. The van der Waals surface area contributed by atoms with Crippen molar-refractivity contribution < 1.29 is 33.5 Å². The molecular weight excluding hydrogens is 570 g/mol. The first-order chi connectivity index (χ1) is 20.8. The highest BCUT2D eigenvalue weighted by molar-refractivity contribution is 6.01. The van der Waals surface area contributed by atoms with Crippen LogP contribution in [0.25, 0.3) is 0 Å². The van der Waals surface area contributed by atoms with Gasteiger partial charge in [-0.1, -0.05) is 26.0 Å². The number of rotatable bonds is 10. The van der Waals surface area contributed by atoms with E-state index >= 15 is 0 Å². The fraction of sp³-hybridized carbons (Fsp3) is 0.600. The number of para-hydroxylation sites is 1. The predicted octanol–water partition coefficient (Wildman–Crippen LogP) is -0.579. The van der Waals surface area contributed by atoms with Crippen LogP contribution in [-0.4, -0.2) is 98.3 Å². The zero-order chi connectivity index (χ0) is 32.8. The Morgan fingerprint density at radius 3 is 2.39 bits per heavy atom. The van der Waals surface area contributed by atoms with Crippen LogP contribution in [0.5, 0.6) is 5.75 Å². The molecule has 2 rings (SSSR count). The topological polar surface area (TPSA) is 201 Å². The molecule has 1 aliphatic rings. The number of hydrogen-bond donors (Lipinski definition) is 6. The van der Waals surface area contributed by atoms with Gasteiger partial charge < -0.3 is 42.0 Å². The second-order valence-electron chi connectivity index (χ2n) is 11.6. The van der Waals surface area contributed by atoms with Crippen LogP contribution in [0.15, 0.2) is 24.3 Å². The second-order valence-corrected chi connectivity index (χ2v) is 11.6. The molecule has 44 heavy (non-hydrogen) atoms. The van der Waals surface area contributed by atoms with Crippen LogP contribution < -0.4 is 37.1 Å². The Labute approximate surface area is 258 Å². The quantitative estimate of drug-likeness (QED) is 0.187. The normalized spacial score (nSPS) is 22.1. The van der Waals surface area contributed by atoms with Crippen molar-refractivity contribution >= 4 is 35.4 Å². The number of amides is 6. The maximum Gasteiger partial charge on any atom is 0.255 e. The molecule has 14 heteroatoms. The van der Waals surface area contributed by atoms with Crippen molar-refractivity contribution in [3.63, 3.8) is 0 Å². The molecular formula is C30H47N7O7. The lowest BCUT2D eigenvalue weighted by atomic mass is 10.0. The van der Waals surface area contributed by atoms with E-state index in [4.69, 9.17) is 10.5 Å². The van der Waals surface area contributed by atoms with Crippen LogP contribution in [0.1, 0.15) is 63.2 Å². The summed E-state index contributed by atoms with van der Waals surface area (Å²) in [5.74, 6) is -3.89. The minimum absolute atomic E-state index is 0.00688. The number of benzene rings is 1. The minimum atomic E-state index is -1.29. The number of nitrogens with zero attached hydrogens (tertiary/aromatic N) is 1. The smallest absolute Gasteiger partial charge is 0.255 e. The lowest BCUT2D eigenvalue weighted by molar-refractivity contribution is -0.134. The van der Waals surface area contributed by atoms with Crippen molar-refractivity contribution in [2.45, 2.75) is 77.0 Å². The van der Waals surface area contributed by atoms with Gasteiger partial charge in [0.2, 0.25) is 29.5 Å². The minimum Gasteiger partial charge on any atom is -0.491 e. The first kappa shape index (κ1) is 36.0. The predicted molar refractivity (Wildman–Crippen MR) is 163 cm³/mol. The average Bonchev–Trinajstić information content (AvgIpc) is 2.95. The van der Waals surface area contributed by atoms with E-state index in [2.05, 4.69) is 26.6 Å². The van der Waals surface area contributed by atoms with Crippen molar-refractivity contribution in [1.29, 1.82) is 0 Å². The highest BCUT2D eigenvalue weighted by atomic mass is 16.5. The summed E-state index contributed by atoms with van der Waals surface area (Å²) < 4.78 is 5.87. The van der Waals surface area contributed by atoms with E-state index in [0.717, 1.165) is 13.0 Å². The number of nitrogens with one attached hydrogen (secondary N) is 5. The molecule has 4 atom stereocenters. The van der Waals surface area contributed by atoms with E-state index < -0.39 is 66.0 Å². The lowest BCUT2D eigenvalue weighted by Crippen LogP contribution is -2.57. The molecule has 0 aromatic heterocycles. The van der Waals surface area contributed by atoms with Gasteiger partial charge in [-0.05, 0) is 64.9 Å². The van der Waals surface area contributed by atoms with Crippen LogP contribution >= 0.6 is 0 Å². The van der Waals surface area contributed by atoms with Crippen molar-refractivity contribution in [1.82, 2.24) is 31.5 Å². The van der Waals surface area contributed by atoms with Crippen molar-refractivity contribution in [3.05, 3.63) is 29.8 Å². The van der Waals surface area contributed by atoms with Gasteiger partial charge in [-0.3, -0.25) is 28.8 Å². The van der Waals surface area contributed by atoms with Gasteiger partial charge in [-0.25, -0.2) is 0 Å². The molecule has 7 N–H and O–H groups in total. The molecule has 0 bridgehead atoms. The van der Waals surface area contributed by atoms with Gasteiger partial charge in [0.15, 0.2) is 0 Å². The van der Waals surface area contributed by atoms with Gasteiger partial charge in [0.05, 0.1) is 18.0 Å². The monoisotopic (exact) mass is 617 g/mol. The summed E-state index contributed by atoms with van der Waals surface area (Å²) in [4.78, 5) is 79.8. The molecule has 0 saturated heterocycles. The summed E-state index contributed by atoms with van der Waals surface area (Å²) >= 11 is 0. The van der Waals surface area contributed by atoms with Crippen molar-refractivity contribution in [2.24, 2.45) is 11.7 Å². The molecule has 6 amide bonds. The molecule has 0 spiro atoms. The largest absolute Gasteiger partial charge is 0.491 e. The Morgan fingerprint density at radius 2 is 1.73 bits per heavy atom. The van der Waals surface area contributed by atoms with Crippen LogP contribution in [0.3, 0.4) is 0 Å². The molecule has 1 heterocycles. The van der Waals surface area contributed by atoms with Gasteiger partial charge in [0.1, 0.15) is 30.5 Å². The maximum atomic E-state index is 13.4. The van der Waals surface area contributed by atoms with Crippen molar-refractivity contribution in [3.8, 4) is 5.75 Å². The maximum absolute atomic E-state index is 13.4. The highest BCUT2D eigenvalue weighted by Gasteiger charge is 2.32. The molecule has 0 unspecified atom stereocenters. The molecule has 0 aliphatic carbocycles. The molecule has 1 aromatic rings. The Kier molecular flexibility index (Phi) is 14.6. The Balaban J connectivity index is 2.40. The third-order valence-corrected chi connectivity index (χ3v) is 6.93. The first-order valence-electron chi connectivity index (χ1n) is 14.9. The molecule has 0 radical (unpaired) electrons. The third-order valence-electron chi connectivity index (χ3n) is 6.93. The van der Waals surface area contributed by atoms with E-state index in [9.17, 15) is 28.8 Å². The number of hydrogen-bond acceptors (Lipinski definition) is 8. The molecule has 1 aliphatic heterocycles. The number of unbranched alkanes of at least 4 members (excludes halogenated alkanes) is 1. The van der Waals surface area contributed by atoms with E-state index in [1.54, 1.807) is 39.0 Å². The number of primary amides is 1. The van der Waals surface area contributed by atoms with Gasteiger partial charge in [0, 0.05) is 13.0 Å². The van der Waals surface area contributed by atoms with Crippen LogP contribution in [-0.2, 0) is 24.0 Å². The highest BCUT2D eigenvalue weighted by Crippen LogP contribution is 2.19. The van der Waals surface area contributed by atoms with Crippen LogP contribution in [0.2, 0.25) is 0 Å². The standard InChI is InChI=1S/C30H47N7O7/c1-18(2)26-30(43)33-19(3)17-44-23-11-7-6-10-20(23)27(40)35-22(28(41)32-14-8-9-15-37(4)5)16-25(39)34-21(29(42)36-26)12-13-24(31)38/h6-7,10-11,18-19,21-22,26H,8-9,12-17H2,1-5H3,(H2,31,38)(H,32,41)(H,33,43)(H,34,39)(H,35,40)(H,36,42)/t19-,21-,22-,26+/m0/s1. The molecule has 244 valence electrons. The van der Waals surface area contributed by atoms with E-state index in [0.29, 0.717) is 13.0 Å². The molecule has 14 nitrogen and oxygen atoms in total. The van der Waals surface area contributed by atoms with Crippen LogP contribution in [0, 0.1) is 5.92 Å². The van der Waals surface area contributed by atoms with Gasteiger partial charge >= 0.3 is 0 Å². The summed E-state index contributed by atoms with van der Waals surface area (Å²) in [5.41, 5.74) is 5.43. The Morgan fingerprint density at radius 1 is 1.02 bits per heavy atom. The average molecular weight is 618 g/mol. The van der Waals surface area contributed by atoms with Gasteiger partial charge in [-0.2, -0.15) is 0 Å². The zero-order valence-corrected chi connectivity index (χ0v) is 26.2. The fourth-order valence-electron chi connectivity index (χ4n) is 4.49. The second kappa shape index (κ2) is 17.8. The van der Waals surface area contributed by atoms with Gasteiger partial charge in [-0.15, -0.1) is 0 Å². The van der Waals surface area contributed by atoms with Crippen LogP contribution in [0.4, 0.5) is 0 Å². The molecule has 0 saturated carbocycles. The Hall–Kier alpha value is -4.20. The summed E-state index contributed by atoms with van der Waals surface area (Å²) in [6.45, 7) is 6.39. The SMILES string of the molecule is CC(C)[C@H]1NC(=O)[C@H](CCC(N)=O)NC(=O)C[C@@H](C(=O)NCCCCN(C)C)NC(=O)c2ccccc2OC[C@H](C)NC1=O. The zero-order valence-electron chi connectivity index (χ0n) is 26.2. The van der Waals surface area contributed by atoms with E-state index in [1.807, 2.05) is 19.0 Å². The number of ether oxygens (including phenoxy) is 1. The number of fused-ring (bicyclic) bond motifs is 1. The number of carbonyl (C=O) groups excluding carboxylic acids is 6. The number of nitrogens with two attached hydrogens (primary N) is 1. The lowest BCUT2D eigenvalue weighted by Gasteiger charge is -2.26. The van der Waals surface area contributed by atoms with E-state index in [1.165, 1.54) is 6.07 Å². The summed E-state index contributed by atoms with van der Waals surface area (Å²) in [6.07, 6.45) is 0.676. The molecule has 0 fully saturated rings. The summed E-state index contributed by atoms with van der Waals surface area (Å²) in [6, 6.07) is 2.44. The van der Waals surface area contributed by atoms with E-state index in [-0.39, 0.29) is 36.7 Å².